The highest BCUT2D eigenvalue weighted by atomic mass is 32.1. The van der Waals surface area contributed by atoms with Gasteiger partial charge in [-0.3, -0.25) is 9.69 Å². The van der Waals surface area contributed by atoms with Crippen LogP contribution in [0.2, 0.25) is 0 Å². The fraction of sp³-hybridized carbons (Fsp3) is 0.429. The monoisotopic (exact) mass is 711 g/mol. The Morgan fingerprint density at radius 2 is 1.96 bits per heavy atom. The number of anilines is 2. The zero-order valence-corrected chi connectivity index (χ0v) is 28.0. The Bertz CT molecular complexity index is 2050. The van der Waals surface area contributed by atoms with Gasteiger partial charge in [-0.2, -0.15) is 23.1 Å². The predicted molar refractivity (Wildman–Crippen MR) is 183 cm³/mol. The van der Waals surface area contributed by atoms with Gasteiger partial charge in [0.1, 0.15) is 24.4 Å². The number of aromatic nitrogens is 2. The van der Waals surface area contributed by atoms with Crippen molar-refractivity contribution >= 4 is 54.7 Å². The molecule has 0 radical (unpaired) electrons. The molecule has 7 rings (SSSR count). The standard InChI is InChI=1S/C35H34F5N7O2S/c1-4-27(48)45-16-24(37)26(17-45)47(5-2)32-21-14-22(35(38,39)40)20(19-8-9-23(36)30-28(19)29(42-3)31(41)50-30)15-25(21)43-33(44-32)49-18-34-10-6-12-46(34)13-7-11-34/h4,8-9,14-15,24,26H,1,5-7,10-13,16-18,41H2,2H3. The third-order valence-electron chi connectivity index (χ3n) is 10.3. The molecule has 2 N–H and O–H groups in total. The van der Waals surface area contributed by atoms with Crippen molar-refractivity contribution in [2.75, 3.05) is 50.0 Å². The third-order valence-corrected chi connectivity index (χ3v) is 11.3. The van der Waals surface area contributed by atoms with E-state index in [0.29, 0.717) is 0 Å². The molecule has 3 aliphatic rings. The summed E-state index contributed by atoms with van der Waals surface area (Å²) < 4.78 is 81.9. The van der Waals surface area contributed by atoms with Crippen LogP contribution in [0.4, 0.5) is 38.5 Å². The summed E-state index contributed by atoms with van der Waals surface area (Å²) in [6.07, 6.45) is -1.44. The van der Waals surface area contributed by atoms with Crippen molar-refractivity contribution in [3.63, 3.8) is 0 Å². The van der Waals surface area contributed by atoms with Crippen LogP contribution in [0.1, 0.15) is 38.2 Å². The first-order chi connectivity index (χ1) is 23.9. The fourth-order valence-electron chi connectivity index (χ4n) is 7.94. The van der Waals surface area contributed by atoms with E-state index >= 15 is 17.6 Å². The highest BCUT2D eigenvalue weighted by Gasteiger charge is 2.45. The Kier molecular flexibility index (Phi) is 8.58. The number of likely N-dealkylation sites (tertiary alicyclic amines) is 1. The number of nitrogens with two attached hydrogens (primary N) is 1. The molecule has 0 saturated carbocycles. The van der Waals surface area contributed by atoms with Crippen LogP contribution in [-0.4, -0.2) is 82.8 Å². The number of likely N-dealkylation sites (N-methyl/N-ethyl adjacent to an activating group) is 1. The van der Waals surface area contributed by atoms with Crippen LogP contribution in [-0.2, 0) is 11.0 Å². The van der Waals surface area contributed by atoms with Crippen molar-refractivity contribution < 1.29 is 31.5 Å². The summed E-state index contributed by atoms with van der Waals surface area (Å²) in [5.74, 6) is -1.14. The third kappa shape index (κ3) is 5.58. The van der Waals surface area contributed by atoms with Crippen molar-refractivity contribution in [2.24, 2.45) is 0 Å². The van der Waals surface area contributed by atoms with Gasteiger partial charge in [0.2, 0.25) is 11.6 Å². The summed E-state index contributed by atoms with van der Waals surface area (Å²) in [6.45, 7) is 15.0. The number of halogens is 5. The van der Waals surface area contributed by atoms with E-state index in [4.69, 9.17) is 17.0 Å². The van der Waals surface area contributed by atoms with Crippen molar-refractivity contribution in [1.29, 1.82) is 0 Å². The van der Waals surface area contributed by atoms with E-state index in [-0.39, 0.29) is 86.4 Å². The Labute approximate surface area is 288 Å². The molecule has 4 aromatic rings. The molecule has 2 unspecified atom stereocenters. The van der Waals surface area contributed by atoms with E-state index in [0.717, 1.165) is 68.3 Å². The number of fused-ring (bicyclic) bond motifs is 3. The van der Waals surface area contributed by atoms with Gasteiger partial charge in [0.05, 0.1) is 45.5 Å². The number of ether oxygens (including phenoxy) is 1. The Balaban J connectivity index is 1.44. The molecule has 262 valence electrons. The number of benzene rings is 2. The number of hydrogen-bond acceptors (Lipinski definition) is 8. The van der Waals surface area contributed by atoms with Gasteiger partial charge in [0, 0.05) is 23.9 Å². The number of nitrogens with zero attached hydrogens (tertiary/aromatic N) is 6. The Morgan fingerprint density at radius 3 is 2.62 bits per heavy atom. The lowest BCUT2D eigenvalue weighted by Crippen LogP contribution is -2.44. The minimum atomic E-state index is -4.91. The van der Waals surface area contributed by atoms with E-state index in [1.807, 2.05) is 0 Å². The summed E-state index contributed by atoms with van der Waals surface area (Å²) in [7, 11) is 0. The van der Waals surface area contributed by atoms with E-state index in [9.17, 15) is 9.18 Å². The van der Waals surface area contributed by atoms with Gasteiger partial charge in [-0.05, 0) is 81.1 Å². The Morgan fingerprint density at radius 1 is 1.22 bits per heavy atom. The first-order valence-electron chi connectivity index (χ1n) is 16.4. The molecule has 1 amide bonds. The highest BCUT2D eigenvalue weighted by Crippen LogP contribution is 2.50. The lowest BCUT2D eigenvalue weighted by atomic mass is 9.94. The summed E-state index contributed by atoms with van der Waals surface area (Å²) in [6, 6.07) is 3.41. The molecule has 3 aliphatic heterocycles. The van der Waals surface area contributed by atoms with Crippen LogP contribution in [0.15, 0.2) is 36.9 Å². The van der Waals surface area contributed by atoms with Gasteiger partial charge in [0.25, 0.3) is 0 Å². The number of amides is 1. The molecule has 2 atom stereocenters. The molecule has 9 nitrogen and oxygen atoms in total. The quantitative estimate of drug-likeness (QED) is 0.116. The van der Waals surface area contributed by atoms with Crippen molar-refractivity contribution in [3.8, 4) is 17.1 Å². The summed E-state index contributed by atoms with van der Waals surface area (Å²) in [5.41, 5.74) is 4.33. The average molecular weight is 712 g/mol. The lowest BCUT2D eigenvalue weighted by Gasteiger charge is -2.32. The topological polar surface area (TPSA) is 92.2 Å². The lowest BCUT2D eigenvalue weighted by molar-refractivity contribution is -0.137. The summed E-state index contributed by atoms with van der Waals surface area (Å²) in [5, 5.41) is -0.0395. The first kappa shape index (κ1) is 33.9. The van der Waals surface area contributed by atoms with Crippen LogP contribution in [0.5, 0.6) is 6.01 Å². The maximum absolute atomic E-state index is 15.7. The van der Waals surface area contributed by atoms with Crippen LogP contribution < -0.4 is 15.4 Å². The largest absolute Gasteiger partial charge is 0.461 e. The minimum absolute atomic E-state index is 0.00825. The molecule has 3 saturated heterocycles. The predicted octanol–water partition coefficient (Wildman–Crippen LogP) is 7.37. The van der Waals surface area contributed by atoms with Gasteiger partial charge in [-0.1, -0.05) is 12.6 Å². The molecule has 2 aromatic heterocycles. The SMILES string of the molecule is [C-]#[N+]c1c(N)sc2c(F)ccc(-c3cc4nc(OCC56CCCN5CCC6)nc(N(CC)C5CN(C(=O)C=C)CC5F)c4cc3C(F)(F)F)c12. The molecule has 3 fully saturated rings. The van der Waals surface area contributed by atoms with Gasteiger partial charge >= 0.3 is 12.2 Å². The van der Waals surface area contributed by atoms with Gasteiger partial charge in [-0.15, -0.1) is 11.3 Å². The number of alkyl halides is 4. The molecular weight excluding hydrogens is 677 g/mol. The second-order valence-electron chi connectivity index (χ2n) is 13.0. The van der Waals surface area contributed by atoms with E-state index < -0.39 is 35.7 Å². The number of rotatable bonds is 8. The van der Waals surface area contributed by atoms with E-state index in [1.54, 1.807) is 11.8 Å². The number of carbonyl (C=O) groups is 1. The number of thiophene rings is 1. The molecule has 0 bridgehead atoms. The maximum atomic E-state index is 15.7. The smallest absolute Gasteiger partial charge is 0.417 e. The first-order valence-corrected chi connectivity index (χ1v) is 17.2. The molecule has 0 spiro atoms. The maximum Gasteiger partial charge on any atom is 0.417 e. The molecular formula is C35H34F5N7O2S. The van der Waals surface area contributed by atoms with Crippen LogP contribution in [0.3, 0.4) is 0 Å². The number of hydrogen-bond donors (Lipinski definition) is 1. The number of nitrogen functional groups attached to an aromatic ring is 1. The van der Waals surface area contributed by atoms with E-state index in [1.165, 1.54) is 17.0 Å². The average Bonchev–Trinajstić information content (AvgIpc) is 3.85. The van der Waals surface area contributed by atoms with Gasteiger partial charge in [0.15, 0.2) is 0 Å². The molecule has 15 heteroatoms. The molecule has 5 heterocycles. The van der Waals surface area contributed by atoms with Crippen molar-refractivity contribution in [1.82, 2.24) is 19.8 Å². The van der Waals surface area contributed by atoms with Crippen molar-refractivity contribution in [3.05, 3.63) is 59.7 Å². The van der Waals surface area contributed by atoms with Crippen LogP contribution in [0.25, 0.3) is 37.0 Å². The summed E-state index contributed by atoms with van der Waals surface area (Å²) >= 11 is 0.793. The zero-order chi connectivity index (χ0) is 35.5. The second kappa shape index (κ2) is 12.6. The normalized spacial score (nSPS) is 20.4. The zero-order valence-electron chi connectivity index (χ0n) is 27.2. The second-order valence-corrected chi connectivity index (χ2v) is 14.0. The van der Waals surface area contributed by atoms with Crippen LogP contribution in [0, 0.1) is 12.4 Å². The number of carbonyl (C=O) groups excluding carboxylic acids is 1. The summed E-state index contributed by atoms with van der Waals surface area (Å²) in [4.78, 5) is 30.3. The molecule has 2 aromatic carbocycles. The van der Waals surface area contributed by atoms with Crippen LogP contribution >= 0.6 is 11.3 Å². The highest BCUT2D eigenvalue weighted by molar-refractivity contribution is 7.23. The molecule has 50 heavy (non-hydrogen) atoms. The van der Waals surface area contributed by atoms with Gasteiger partial charge < -0.3 is 20.3 Å². The van der Waals surface area contributed by atoms with Crippen molar-refractivity contribution in [2.45, 2.75) is 56.5 Å². The molecule has 0 aliphatic carbocycles. The fourth-order valence-corrected chi connectivity index (χ4v) is 8.88. The van der Waals surface area contributed by atoms with E-state index in [2.05, 4.69) is 26.3 Å². The van der Waals surface area contributed by atoms with Gasteiger partial charge in [-0.25, -0.2) is 13.6 Å². The minimum Gasteiger partial charge on any atom is -0.461 e. The Hall–Kier alpha value is -4.55.